The molecule has 136 valence electrons. The van der Waals surface area contributed by atoms with Crippen LogP contribution in [0.15, 0.2) is 34.2 Å². The van der Waals surface area contributed by atoms with Gasteiger partial charge in [0.15, 0.2) is 0 Å². The van der Waals surface area contributed by atoms with Crippen LogP contribution in [0.4, 0.5) is 0 Å². The van der Waals surface area contributed by atoms with Crippen molar-refractivity contribution in [3.05, 3.63) is 29.8 Å². The minimum Gasteiger partial charge on any atom is -0.461 e. The Morgan fingerprint density at radius 3 is 2.64 bits per heavy atom. The first-order valence-electron chi connectivity index (χ1n) is 8.77. The Morgan fingerprint density at radius 2 is 1.96 bits per heavy atom. The first-order valence-corrected chi connectivity index (χ1v) is 10.3. The molecule has 1 fully saturated rings. The van der Waals surface area contributed by atoms with E-state index in [2.05, 4.69) is 9.71 Å². The van der Waals surface area contributed by atoms with Crippen LogP contribution in [-0.2, 0) is 19.6 Å². The number of carbonyl (C=O) groups excluding carboxylic acids is 1. The highest BCUT2D eigenvalue weighted by Crippen LogP contribution is 2.25. The van der Waals surface area contributed by atoms with E-state index < -0.39 is 16.1 Å². The lowest BCUT2D eigenvalue weighted by molar-refractivity contribution is -0.150. The zero-order valence-electron chi connectivity index (χ0n) is 14.6. The summed E-state index contributed by atoms with van der Waals surface area (Å²) >= 11 is 0. The predicted octanol–water partition coefficient (Wildman–Crippen LogP) is 2.63. The molecular weight excluding hydrogens is 340 g/mol. The van der Waals surface area contributed by atoms with Gasteiger partial charge < -0.3 is 4.74 Å². The van der Waals surface area contributed by atoms with Crippen molar-refractivity contribution in [1.82, 2.24) is 4.72 Å². The molecule has 0 aromatic heterocycles. The van der Waals surface area contributed by atoms with Gasteiger partial charge >= 0.3 is 5.97 Å². The summed E-state index contributed by atoms with van der Waals surface area (Å²) in [5.41, 5.74) is 0.505. The Bertz CT molecular complexity index is 780. The molecule has 1 aliphatic heterocycles. The number of nitrogens with one attached hydrogen (secondary N) is 1. The lowest BCUT2D eigenvalue weighted by Gasteiger charge is -2.18. The largest absolute Gasteiger partial charge is 0.461 e. The SMILES string of the molecule is CC(C)C[C@@H](N=C1NS(=O)(=O)c2ccccc21)C(=O)OC1CCCC1. The summed E-state index contributed by atoms with van der Waals surface area (Å²) in [7, 11) is -3.61. The summed E-state index contributed by atoms with van der Waals surface area (Å²) in [5, 5.41) is 0. The highest BCUT2D eigenvalue weighted by atomic mass is 32.2. The van der Waals surface area contributed by atoms with Gasteiger partial charge in [-0.25, -0.2) is 13.2 Å². The van der Waals surface area contributed by atoms with Crippen LogP contribution in [0.2, 0.25) is 0 Å². The number of sulfonamides is 1. The topological polar surface area (TPSA) is 84.8 Å². The molecule has 6 nitrogen and oxygen atoms in total. The van der Waals surface area contributed by atoms with E-state index in [4.69, 9.17) is 4.74 Å². The number of amidine groups is 1. The van der Waals surface area contributed by atoms with E-state index in [0.717, 1.165) is 25.7 Å². The molecular formula is C18H24N2O4S. The first kappa shape index (κ1) is 17.9. The molecule has 1 aromatic carbocycles. The summed E-state index contributed by atoms with van der Waals surface area (Å²) in [4.78, 5) is 17.2. The fourth-order valence-corrected chi connectivity index (χ4v) is 4.52. The van der Waals surface area contributed by atoms with Crippen LogP contribution in [-0.4, -0.2) is 32.4 Å². The number of fused-ring (bicyclic) bond motifs is 1. The molecule has 1 heterocycles. The van der Waals surface area contributed by atoms with Gasteiger partial charge in [-0.3, -0.25) is 9.71 Å². The van der Waals surface area contributed by atoms with Gasteiger partial charge in [-0.15, -0.1) is 0 Å². The number of nitrogens with zero attached hydrogens (tertiary/aromatic N) is 1. The van der Waals surface area contributed by atoms with Crippen molar-refractivity contribution in [2.45, 2.75) is 63.0 Å². The molecule has 2 aliphatic rings. The molecule has 7 heteroatoms. The van der Waals surface area contributed by atoms with Crippen LogP contribution < -0.4 is 4.72 Å². The Hall–Kier alpha value is -1.89. The number of benzene rings is 1. The molecule has 0 bridgehead atoms. The molecule has 0 saturated heterocycles. The average molecular weight is 364 g/mol. The van der Waals surface area contributed by atoms with Gasteiger partial charge in [-0.05, 0) is 50.2 Å². The van der Waals surface area contributed by atoms with Gasteiger partial charge in [0.2, 0.25) is 0 Å². The van der Waals surface area contributed by atoms with Gasteiger partial charge in [0.25, 0.3) is 10.0 Å². The summed E-state index contributed by atoms with van der Waals surface area (Å²) < 4.78 is 32.5. The molecule has 0 spiro atoms. The van der Waals surface area contributed by atoms with Crippen molar-refractivity contribution >= 4 is 21.8 Å². The maximum atomic E-state index is 12.6. The monoisotopic (exact) mass is 364 g/mol. The van der Waals surface area contributed by atoms with Crippen molar-refractivity contribution in [3.63, 3.8) is 0 Å². The van der Waals surface area contributed by atoms with Crippen molar-refractivity contribution in [1.29, 1.82) is 0 Å². The van der Waals surface area contributed by atoms with E-state index in [-0.39, 0.29) is 28.7 Å². The normalized spacial score (nSPS) is 22.0. The van der Waals surface area contributed by atoms with E-state index in [1.807, 2.05) is 13.8 Å². The predicted molar refractivity (Wildman–Crippen MR) is 94.9 cm³/mol. The van der Waals surface area contributed by atoms with Gasteiger partial charge in [0.1, 0.15) is 18.0 Å². The van der Waals surface area contributed by atoms with Crippen molar-refractivity contribution in [2.75, 3.05) is 0 Å². The minimum absolute atomic E-state index is 0.0325. The van der Waals surface area contributed by atoms with E-state index in [9.17, 15) is 13.2 Å². The van der Waals surface area contributed by atoms with Crippen LogP contribution in [0, 0.1) is 5.92 Å². The van der Waals surface area contributed by atoms with E-state index in [1.165, 1.54) is 6.07 Å². The van der Waals surface area contributed by atoms with Gasteiger partial charge in [0, 0.05) is 5.56 Å². The quantitative estimate of drug-likeness (QED) is 0.814. The fraction of sp³-hybridized carbons (Fsp3) is 0.556. The maximum absolute atomic E-state index is 12.6. The van der Waals surface area contributed by atoms with E-state index in [0.29, 0.717) is 12.0 Å². The minimum atomic E-state index is -3.61. The molecule has 1 aliphatic carbocycles. The Morgan fingerprint density at radius 1 is 1.28 bits per heavy atom. The Balaban J connectivity index is 1.87. The molecule has 0 amide bonds. The highest BCUT2D eigenvalue weighted by molar-refractivity contribution is 7.90. The maximum Gasteiger partial charge on any atom is 0.331 e. The van der Waals surface area contributed by atoms with Crippen LogP contribution in [0.3, 0.4) is 0 Å². The number of hydrogen-bond acceptors (Lipinski definition) is 5. The number of rotatable bonds is 5. The standard InChI is InChI=1S/C18H24N2O4S/c1-12(2)11-15(18(21)24-13-7-3-4-8-13)19-17-14-9-5-6-10-16(14)25(22,23)20-17/h5-6,9-10,12-13,15H,3-4,7-8,11H2,1-2H3,(H,19,20)/t15-/m1/s1. The number of esters is 1. The third-order valence-corrected chi connectivity index (χ3v) is 5.90. The second kappa shape index (κ2) is 7.15. The number of hydrogen-bond donors (Lipinski definition) is 1. The average Bonchev–Trinajstić information content (AvgIpc) is 3.13. The molecule has 1 N–H and O–H groups in total. The smallest absolute Gasteiger partial charge is 0.331 e. The Labute approximate surface area is 148 Å². The third-order valence-electron chi connectivity index (χ3n) is 4.50. The summed E-state index contributed by atoms with van der Waals surface area (Å²) in [5.74, 6) is 0.0973. The lowest BCUT2D eigenvalue weighted by atomic mass is 10.0. The van der Waals surface area contributed by atoms with Crippen molar-refractivity contribution in [2.24, 2.45) is 10.9 Å². The van der Waals surface area contributed by atoms with Crippen molar-refractivity contribution in [3.8, 4) is 0 Å². The molecule has 1 atom stereocenters. The first-order chi connectivity index (χ1) is 11.9. The van der Waals surface area contributed by atoms with Crippen LogP contribution >= 0.6 is 0 Å². The Kier molecular flexibility index (Phi) is 5.13. The third kappa shape index (κ3) is 4.03. The highest BCUT2D eigenvalue weighted by Gasteiger charge is 2.33. The summed E-state index contributed by atoms with van der Waals surface area (Å²) in [6.45, 7) is 4.01. The zero-order valence-corrected chi connectivity index (χ0v) is 15.4. The fourth-order valence-electron chi connectivity index (χ4n) is 3.28. The summed E-state index contributed by atoms with van der Waals surface area (Å²) in [6.07, 6.45) is 4.43. The zero-order chi connectivity index (χ0) is 18.0. The number of carbonyl (C=O) groups is 1. The van der Waals surface area contributed by atoms with Gasteiger partial charge in [-0.2, -0.15) is 0 Å². The molecule has 1 aromatic rings. The van der Waals surface area contributed by atoms with Crippen LogP contribution in [0.5, 0.6) is 0 Å². The molecule has 0 radical (unpaired) electrons. The number of ether oxygens (including phenoxy) is 1. The van der Waals surface area contributed by atoms with E-state index >= 15 is 0 Å². The molecule has 3 rings (SSSR count). The number of aliphatic imine (C=N–C) groups is 1. The van der Waals surface area contributed by atoms with Gasteiger partial charge in [-0.1, -0.05) is 26.0 Å². The second-order valence-electron chi connectivity index (χ2n) is 7.07. The lowest BCUT2D eigenvalue weighted by Crippen LogP contribution is -2.31. The van der Waals surface area contributed by atoms with Crippen molar-refractivity contribution < 1.29 is 17.9 Å². The van der Waals surface area contributed by atoms with Gasteiger partial charge in [0.05, 0.1) is 4.90 Å². The van der Waals surface area contributed by atoms with Crippen LogP contribution in [0.1, 0.15) is 51.5 Å². The second-order valence-corrected chi connectivity index (χ2v) is 8.72. The van der Waals surface area contributed by atoms with Crippen LogP contribution in [0.25, 0.3) is 0 Å². The van der Waals surface area contributed by atoms with E-state index in [1.54, 1.807) is 18.2 Å². The molecule has 25 heavy (non-hydrogen) atoms. The molecule has 1 saturated carbocycles. The summed E-state index contributed by atoms with van der Waals surface area (Å²) in [6, 6.07) is 5.95. The molecule has 0 unspecified atom stereocenters.